The first-order valence-electron chi connectivity index (χ1n) is 11.5. The molecule has 3 aliphatic rings. The lowest BCUT2D eigenvalue weighted by Crippen LogP contribution is -2.57. The minimum Gasteiger partial charge on any atom is -0.396 e. The highest BCUT2D eigenvalue weighted by atomic mass is 32.1. The Morgan fingerprint density at radius 3 is 2.58 bits per heavy atom. The Morgan fingerprint density at radius 2 is 1.94 bits per heavy atom. The van der Waals surface area contributed by atoms with Gasteiger partial charge in [-0.1, -0.05) is 26.7 Å². The van der Waals surface area contributed by atoms with Crippen molar-refractivity contribution in [2.24, 2.45) is 16.7 Å². The maximum absolute atomic E-state index is 13.1. The molecule has 2 saturated carbocycles. The molecule has 0 spiro atoms. The van der Waals surface area contributed by atoms with Gasteiger partial charge in [-0.25, -0.2) is 4.98 Å². The van der Waals surface area contributed by atoms with Crippen LogP contribution < -0.4 is 10.6 Å². The van der Waals surface area contributed by atoms with Crippen LogP contribution in [-0.4, -0.2) is 45.8 Å². The Kier molecular flexibility index (Phi) is 6.18. The molecule has 1 aromatic heterocycles. The second-order valence-electron chi connectivity index (χ2n) is 10.3. The molecule has 1 aromatic rings. The van der Waals surface area contributed by atoms with E-state index in [1.54, 1.807) is 0 Å². The van der Waals surface area contributed by atoms with Crippen LogP contribution in [-0.2, 0) is 16.0 Å². The van der Waals surface area contributed by atoms with Crippen LogP contribution in [0, 0.1) is 16.7 Å². The van der Waals surface area contributed by atoms with Crippen LogP contribution in [0.1, 0.15) is 82.2 Å². The number of rotatable bonds is 5. The second kappa shape index (κ2) is 8.45. The van der Waals surface area contributed by atoms with Crippen LogP contribution in [0.2, 0.25) is 0 Å². The summed E-state index contributed by atoms with van der Waals surface area (Å²) in [5, 5.41) is 27.7. The van der Waals surface area contributed by atoms with Crippen LogP contribution in [0.4, 0.5) is 5.13 Å². The number of amides is 2. The van der Waals surface area contributed by atoms with E-state index in [4.69, 9.17) is 4.98 Å². The normalized spacial score (nSPS) is 35.3. The lowest BCUT2D eigenvalue weighted by molar-refractivity contribution is -0.144. The molecule has 4 N–H and O–H groups in total. The molecule has 0 aliphatic heterocycles. The molecule has 0 saturated heterocycles. The second-order valence-corrected chi connectivity index (χ2v) is 11.4. The van der Waals surface area contributed by atoms with Crippen molar-refractivity contribution in [2.75, 3.05) is 11.9 Å². The average molecular weight is 450 g/mol. The van der Waals surface area contributed by atoms with E-state index < -0.39 is 11.5 Å². The molecule has 0 unspecified atom stereocenters. The van der Waals surface area contributed by atoms with Crippen LogP contribution in [0.3, 0.4) is 0 Å². The third-order valence-electron chi connectivity index (χ3n) is 8.29. The quantitative estimate of drug-likeness (QED) is 0.552. The van der Waals surface area contributed by atoms with E-state index in [1.807, 2.05) is 6.92 Å². The molecule has 2 fully saturated rings. The van der Waals surface area contributed by atoms with Crippen molar-refractivity contribution >= 4 is 28.3 Å². The summed E-state index contributed by atoms with van der Waals surface area (Å²) < 4.78 is 0. The number of aliphatic hydroxyl groups excluding tert-OH is 2. The zero-order chi connectivity index (χ0) is 22.4. The van der Waals surface area contributed by atoms with E-state index in [9.17, 15) is 19.8 Å². The fourth-order valence-corrected chi connectivity index (χ4v) is 7.51. The number of hydrogen-bond donors (Lipinski definition) is 4. The number of fused-ring (bicyclic) bond motifs is 2. The molecular formula is C23H35N3O4S. The summed E-state index contributed by atoms with van der Waals surface area (Å²) in [5.74, 6) is -0.201. The predicted octanol–water partition coefficient (Wildman–Crippen LogP) is 2.97. The van der Waals surface area contributed by atoms with Crippen molar-refractivity contribution in [3.8, 4) is 0 Å². The highest BCUT2D eigenvalue weighted by Crippen LogP contribution is 2.62. The molecule has 31 heavy (non-hydrogen) atoms. The molecule has 2 amide bonds. The first kappa shape index (κ1) is 22.7. The molecule has 3 aliphatic carbocycles. The summed E-state index contributed by atoms with van der Waals surface area (Å²) in [7, 11) is 0. The molecule has 0 aromatic carbocycles. The molecule has 0 bridgehead atoms. The molecule has 172 valence electrons. The molecule has 1 heterocycles. The summed E-state index contributed by atoms with van der Waals surface area (Å²) in [6, 6.07) is 0.264. The van der Waals surface area contributed by atoms with Crippen LogP contribution >= 0.6 is 11.3 Å². The van der Waals surface area contributed by atoms with Gasteiger partial charge >= 0.3 is 0 Å². The van der Waals surface area contributed by atoms with Crippen molar-refractivity contribution in [2.45, 2.75) is 90.2 Å². The van der Waals surface area contributed by atoms with Gasteiger partial charge in [0.1, 0.15) is 0 Å². The number of carbonyl (C=O) groups excluding carboxylic acids is 2. The van der Waals surface area contributed by atoms with Crippen molar-refractivity contribution in [1.29, 1.82) is 0 Å². The molecule has 7 nitrogen and oxygen atoms in total. The third-order valence-corrected chi connectivity index (χ3v) is 9.30. The number of anilines is 1. The minimum absolute atomic E-state index is 0.0242. The molecular weight excluding hydrogens is 414 g/mol. The van der Waals surface area contributed by atoms with Crippen molar-refractivity contribution < 1.29 is 19.8 Å². The molecule has 8 heteroatoms. The van der Waals surface area contributed by atoms with E-state index in [0.29, 0.717) is 24.4 Å². The van der Waals surface area contributed by atoms with Gasteiger partial charge in [0.25, 0.3) is 0 Å². The Bertz CT molecular complexity index is 852. The number of aromatic nitrogens is 1. The highest BCUT2D eigenvalue weighted by molar-refractivity contribution is 7.15. The zero-order valence-corrected chi connectivity index (χ0v) is 19.6. The van der Waals surface area contributed by atoms with E-state index in [0.717, 1.165) is 42.7 Å². The highest BCUT2D eigenvalue weighted by Gasteiger charge is 2.59. The SMILES string of the molecule is CC(=O)Nc1nc2c(s1)C[C@H]1[C@](C)(CO)[C@H](O)CC[C@@]1(C)[C@@H]2CC(=O)NC1CCCC1. The van der Waals surface area contributed by atoms with Crippen molar-refractivity contribution in [1.82, 2.24) is 10.3 Å². The maximum atomic E-state index is 13.1. The van der Waals surface area contributed by atoms with E-state index in [1.165, 1.54) is 18.3 Å². The number of carbonyl (C=O) groups is 2. The van der Waals surface area contributed by atoms with Crippen LogP contribution in [0.25, 0.3) is 0 Å². The van der Waals surface area contributed by atoms with Crippen molar-refractivity contribution in [3.63, 3.8) is 0 Å². The maximum Gasteiger partial charge on any atom is 0.223 e. The number of thiazole rings is 1. The Morgan fingerprint density at radius 1 is 1.23 bits per heavy atom. The molecule has 0 radical (unpaired) electrons. The van der Waals surface area contributed by atoms with Gasteiger partial charge < -0.3 is 20.8 Å². The fraction of sp³-hybridized carbons (Fsp3) is 0.783. The fourth-order valence-electron chi connectivity index (χ4n) is 6.39. The van der Waals surface area contributed by atoms with Gasteiger partial charge in [0, 0.05) is 35.6 Å². The Hall–Kier alpha value is -1.51. The van der Waals surface area contributed by atoms with Gasteiger partial charge in [-0.3, -0.25) is 9.59 Å². The number of nitrogens with zero attached hydrogens (tertiary/aromatic N) is 1. The van der Waals surface area contributed by atoms with Gasteiger partial charge in [-0.15, -0.1) is 11.3 Å². The Labute approximate surface area is 188 Å². The lowest BCUT2D eigenvalue weighted by atomic mass is 9.47. The predicted molar refractivity (Wildman–Crippen MR) is 120 cm³/mol. The zero-order valence-electron chi connectivity index (χ0n) is 18.7. The van der Waals surface area contributed by atoms with E-state index in [2.05, 4.69) is 17.6 Å². The van der Waals surface area contributed by atoms with Crippen molar-refractivity contribution in [3.05, 3.63) is 10.6 Å². The summed E-state index contributed by atoms with van der Waals surface area (Å²) >= 11 is 1.46. The largest absolute Gasteiger partial charge is 0.396 e. The van der Waals surface area contributed by atoms with Crippen LogP contribution in [0.5, 0.6) is 0 Å². The number of aliphatic hydroxyl groups is 2. The van der Waals surface area contributed by atoms with Gasteiger partial charge in [0.15, 0.2) is 5.13 Å². The monoisotopic (exact) mass is 449 g/mol. The molecule has 4 rings (SSSR count). The number of hydrogen-bond acceptors (Lipinski definition) is 6. The smallest absolute Gasteiger partial charge is 0.223 e. The van der Waals surface area contributed by atoms with E-state index >= 15 is 0 Å². The summed E-state index contributed by atoms with van der Waals surface area (Å²) in [6.45, 7) is 5.54. The van der Waals surface area contributed by atoms with E-state index in [-0.39, 0.29) is 41.7 Å². The minimum atomic E-state index is -0.636. The standard InChI is InChI=1S/C23H35N3O4S/c1-13(28)24-21-26-20-15(10-19(30)25-14-6-4-5-7-14)22(2)9-8-18(29)23(3,12-27)17(22)11-16(20)31-21/h14-15,17-18,27,29H,4-12H2,1-3H3,(H,25,30)(H,24,26,28)/t15-,17-,18-,22+,23+/m1/s1. The van der Waals surface area contributed by atoms with Gasteiger partial charge in [-0.2, -0.15) is 0 Å². The number of nitrogens with one attached hydrogen (secondary N) is 2. The molecule has 5 atom stereocenters. The lowest BCUT2D eigenvalue weighted by Gasteiger charge is -2.58. The van der Waals surface area contributed by atoms with Gasteiger partial charge in [0.2, 0.25) is 11.8 Å². The first-order chi connectivity index (χ1) is 14.7. The summed E-state index contributed by atoms with van der Waals surface area (Å²) in [6.07, 6.45) is 6.25. The third kappa shape index (κ3) is 4.02. The van der Waals surface area contributed by atoms with Crippen LogP contribution in [0.15, 0.2) is 0 Å². The first-order valence-corrected chi connectivity index (χ1v) is 12.3. The average Bonchev–Trinajstić information content (AvgIpc) is 3.35. The Balaban J connectivity index is 1.70. The van der Waals surface area contributed by atoms with Gasteiger partial charge in [0.05, 0.1) is 18.4 Å². The summed E-state index contributed by atoms with van der Waals surface area (Å²) in [4.78, 5) is 30.5. The topological polar surface area (TPSA) is 112 Å². The summed E-state index contributed by atoms with van der Waals surface area (Å²) in [5.41, 5.74) is 0.00663. The van der Waals surface area contributed by atoms with Gasteiger partial charge in [-0.05, 0) is 43.4 Å².